The van der Waals surface area contributed by atoms with Gasteiger partial charge in [0.05, 0.1) is 12.6 Å². The largest absolute Gasteiger partial charge is 0.491 e. The van der Waals surface area contributed by atoms with Crippen LogP contribution in [0.25, 0.3) is 0 Å². The van der Waals surface area contributed by atoms with Gasteiger partial charge in [0.25, 0.3) is 5.91 Å². The normalized spacial score (nSPS) is 14.9. The SMILES string of the molecule is COCCN(CC(=O)N1CCc2sccc2[C@@H]1COc1ccc(F)cc1)C(=O)c1ccccc1C. The fraction of sp³-hybridized carbons (Fsp3) is 0.333. The van der Waals surface area contributed by atoms with Crippen molar-refractivity contribution in [2.45, 2.75) is 19.4 Å². The van der Waals surface area contributed by atoms with E-state index in [9.17, 15) is 14.0 Å². The van der Waals surface area contributed by atoms with E-state index in [1.54, 1.807) is 46.4 Å². The summed E-state index contributed by atoms with van der Waals surface area (Å²) in [6.45, 7) is 3.25. The zero-order chi connectivity index (χ0) is 24.8. The molecule has 2 heterocycles. The number of aryl methyl sites for hydroxylation is 1. The molecule has 3 aromatic rings. The summed E-state index contributed by atoms with van der Waals surface area (Å²) in [6, 6.07) is 14.9. The highest BCUT2D eigenvalue weighted by molar-refractivity contribution is 7.10. The molecule has 35 heavy (non-hydrogen) atoms. The fourth-order valence-corrected chi connectivity index (χ4v) is 5.20. The van der Waals surface area contributed by atoms with E-state index in [2.05, 4.69) is 0 Å². The Morgan fingerprint density at radius 1 is 1.14 bits per heavy atom. The van der Waals surface area contributed by atoms with Gasteiger partial charge in [-0.3, -0.25) is 9.59 Å². The summed E-state index contributed by atoms with van der Waals surface area (Å²) >= 11 is 1.67. The first-order chi connectivity index (χ1) is 17.0. The minimum absolute atomic E-state index is 0.0525. The molecule has 8 heteroatoms. The predicted molar refractivity (Wildman–Crippen MR) is 133 cm³/mol. The summed E-state index contributed by atoms with van der Waals surface area (Å²) < 4.78 is 24.4. The number of benzene rings is 2. The molecule has 0 bridgehead atoms. The highest BCUT2D eigenvalue weighted by atomic mass is 32.1. The Morgan fingerprint density at radius 3 is 2.66 bits per heavy atom. The van der Waals surface area contributed by atoms with Gasteiger partial charge in [0.2, 0.25) is 5.91 Å². The molecule has 0 radical (unpaired) electrons. The molecule has 0 fully saturated rings. The van der Waals surface area contributed by atoms with Crippen molar-refractivity contribution in [3.63, 3.8) is 0 Å². The lowest BCUT2D eigenvalue weighted by Crippen LogP contribution is -2.48. The molecule has 1 aliphatic rings. The quantitative estimate of drug-likeness (QED) is 0.438. The van der Waals surface area contributed by atoms with Crippen LogP contribution in [0.3, 0.4) is 0 Å². The van der Waals surface area contributed by atoms with Crippen molar-refractivity contribution in [3.8, 4) is 5.75 Å². The Kier molecular flexibility index (Phi) is 8.15. The van der Waals surface area contributed by atoms with Gasteiger partial charge in [-0.15, -0.1) is 11.3 Å². The maximum absolute atomic E-state index is 13.6. The summed E-state index contributed by atoms with van der Waals surface area (Å²) in [5.74, 6) is -0.132. The van der Waals surface area contributed by atoms with Crippen LogP contribution >= 0.6 is 11.3 Å². The molecule has 2 amide bonds. The van der Waals surface area contributed by atoms with Gasteiger partial charge < -0.3 is 19.3 Å². The van der Waals surface area contributed by atoms with Crippen LogP contribution in [-0.4, -0.2) is 61.6 Å². The topological polar surface area (TPSA) is 59.1 Å². The van der Waals surface area contributed by atoms with Gasteiger partial charge >= 0.3 is 0 Å². The predicted octanol–water partition coefficient (Wildman–Crippen LogP) is 4.49. The number of fused-ring (bicyclic) bond motifs is 1. The van der Waals surface area contributed by atoms with Gasteiger partial charge in [-0.2, -0.15) is 0 Å². The van der Waals surface area contributed by atoms with E-state index in [0.717, 1.165) is 17.5 Å². The number of hydrogen-bond acceptors (Lipinski definition) is 5. The number of carbonyl (C=O) groups is 2. The van der Waals surface area contributed by atoms with Crippen molar-refractivity contribution in [2.24, 2.45) is 0 Å². The minimum Gasteiger partial charge on any atom is -0.491 e. The highest BCUT2D eigenvalue weighted by Gasteiger charge is 2.33. The van der Waals surface area contributed by atoms with Gasteiger partial charge in [0.1, 0.15) is 24.7 Å². The summed E-state index contributed by atoms with van der Waals surface area (Å²) in [4.78, 5) is 31.5. The molecule has 6 nitrogen and oxygen atoms in total. The van der Waals surface area contributed by atoms with E-state index in [1.807, 2.05) is 36.6 Å². The minimum atomic E-state index is -0.332. The molecule has 0 saturated carbocycles. The van der Waals surface area contributed by atoms with Crippen molar-refractivity contribution in [1.82, 2.24) is 9.80 Å². The van der Waals surface area contributed by atoms with Crippen LogP contribution in [-0.2, 0) is 16.0 Å². The molecule has 2 aromatic carbocycles. The van der Waals surface area contributed by atoms with Crippen LogP contribution in [0.2, 0.25) is 0 Å². The molecule has 4 rings (SSSR count). The van der Waals surface area contributed by atoms with E-state index < -0.39 is 0 Å². The standard InChI is InChI=1S/C27H29FN2O4S/c1-19-5-3-4-6-22(19)27(32)29(14-15-33-2)17-26(31)30-13-11-25-23(12-16-35-25)24(30)18-34-21-9-7-20(28)8-10-21/h3-10,12,16,24H,11,13-15,17-18H2,1-2H3/t24-/m0/s1. The number of rotatable bonds is 9. The second-order valence-electron chi connectivity index (χ2n) is 8.45. The van der Waals surface area contributed by atoms with Gasteiger partial charge in [0, 0.05) is 30.6 Å². The summed E-state index contributed by atoms with van der Waals surface area (Å²) in [5.41, 5.74) is 2.50. The molecule has 1 aliphatic heterocycles. The first-order valence-corrected chi connectivity index (χ1v) is 12.4. The third kappa shape index (κ3) is 5.89. The molecule has 0 unspecified atom stereocenters. The van der Waals surface area contributed by atoms with E-state index in [4.69, 9.17) is 9.47 Å². The van der Waals surface area contributed by atoms with Crippen molar-refractivity contribution >= 4 is 23.2 Å². The number of carbonyl (C=O) groups excluding carboxylic acids is 2. The number of amides is 2. The van der Waals surface area contributed by atoms with Gasteiger partial charge in [-0.05, 0) is 66.2 Å². The fourth-order valence-electron chi connectivity index (χ4n) is 4.27. The third-order valence-corrected chi connectivity index (χ3v) is 7.19. The molecule has 0 saturated heterocycles. The molecule has 0 N–H and O–H groups in total. The zero-order valence-corrected chi connectivity index (χ0v) is 20.7. The smallest absolute Gasteiger partial charge is 0.254 e. The number of thiophene rings is 1. The third-order valence-electron chi connectivity index (χ3n) is 6.19. The summed E-state index contributed by atoms with van der Waals surface area (Å²) in [6.07, 6.45) is 0.760. The van der Waals surface area contributed by atoms with Gasteiger partial charge in [-0.1, -0.05) is 18.2 Å². The van der Waals surface area contributed by atoms with E-state index in [-0.39, 0.29) is 36.8 Å². The Bertz CT molecular complexity index is 1160. The lowest BCUT2D eigenvalue weighted by atomic mass is 10.00. The van der Waals surface area contributed by atoms with Crippen LogP contribution in [0, 0.1) is 12.7 Å². The van der Waals surface area contributed by atoms with Crippen LogP contribution in [0.4, 0.5) is 4.39 Å². The maximum atomic E-state index is 13.6. The molecule has 1 atom stereocenters. The van der Waals surface area contributed by atoms with Crippen LogP contribution < -0.4 is 4.74 Å². The van der Waals surface area contributed by atoms with Crippen molar-refractivity contribution in [1.29, 1.82) is 0 Å². The zero-order valence-electron chi connectivity index (χ0n) is 19.9. The second-order valence-corrected chi connectivity index (χ2v) is 9.45. The van der Waals surface area contributed by atoms with E-state index in [1.165, 1.54) is 17.0 Å². The molecule has 184 valence electrons. The lowest BCUT2D eigenvalue weighted by Gasteiger charge is -2.37. The van der Waals surface area contributed by atoms with Gasteiger partial charge in [0.15, 0.2) is 0 Å². The van der Waals surface area contributed by atoms with Crippen LogP contribution in [0.15, 0.2) is 60.0 Å². The lowest BCUT2D eigenvalue weighted by molar-refractivity contribution is -0.135. The van der Waals surface area contributed by atoms with Crippen molar-refractivity contribution < 1.29 is 23.5 Å². The van der Waals surface area contributed by atoms with Crippen molar-refractivity contribution in [2.75, 3.05) is 40.0 Å². The average molecular weight is 497 g/mol. The summed E-state index contributed by atoms with van der Waals surface area (Å²) in [7, 11) is 1.57. The van der Waals surface area contributed by atoms with Crippen LogP contribution in [0.5, 0.6) is 5.75 Å². The molecule has 0 spiro atoms. The molecular formula is C27H29FN2O4S. The Hall–Kier alpha value is -3.23. The molecule has 0 aliphatic carbocycles. The maximum Gasteiger partial charge on any atom is 0.254 e. The Morgan fingerprint density at radius 2 is 1.91 bits per heavy atom. The first-order valence-electron chi connectivity index (χ1n) is 11.6. The summed E-state index contributed by atoms with van der Waals surface area (Å²) in [5, 5.41) is 2.02. The monoisotopic (exact) mass is 496 g/mol. The number of nitrogens with zero attached hydrogens (tertiary/aromatic N) is 2. The number of ether oxygens (including phenoxy) is 2. The van der Waals surface area contributed by atoms with E-state index in [0.29, 0.717) is 31.0 Å². The van der Waals surface area contributed by atoms with Crippen molar-refractivity contribution in [3.05, 3.63) is 87.4 Å². The van der Waals surface area contributed by atoms with E-state index >= 15 is 0 Å². The number of hydrogen-bond donors (Lipinski definition) is 0. The Balaban J connectivity index is 1.53. The number of methoxy groups -OCH3 is 1. The first kappa shape index (κ1) is 24.9. The molecular weight excluding hydrogens is 467 g/mol. The average Bonchev–Trinajstić information content (AvgIpc) is 3.35. The Labute approximate surface area is 208 Å². The second kappa shape index (κ2) is 11.5. The van der Waals surface area contributed by atoms with Gasteiger partial charge in [-0.25, -0.2) is 4.39 Å². The van der Waals surface area contributed by atoms with Crippen LogP contribution in [0.1, 0.15) is 32.4 Å². The molecule has 1 aromatic heterocycles. The number of halogens is 1. The highest BCUT2D eigenvalue weighted by Crippen LogP contribution is 2.34.